The summed E-state index contributed by atoms with van der Waals surface area (Å²) in [6, 6.07) is 8.62. The number of amides is 2. The Morgan fingerprint density at radius 1 is 1.24 bits per heavy atom. The van der Waals surface area contributed by atoms with Crippen molar-refractivity contribution in [3.63, 3.8) is 0 Å². The molecule has 0 spiro atoms. The molecule has 2 amide bonds. The second-order valence-electron chi connectivity index (χ2n) is 7.22. The molecule has 138 valence electrons. The van der Waals surface area contributed by atoms with Crippen LogP contribution in [0.15, 0.2) is 24.3 Å². The first-order valence-corrected chi connectivity index (χ1v) is 9.74. The molecule has 2 heterocycles. The van der Waals surface area contributed by atoms with Crippen LogP contribution < -0.4 is 15.4 Å². The van der Waals surface area contributed by atoms with Gasteiger partial charge in [0.05, 0.1) is 12.6 Å². The lowest BCUT2D eigenvalue weighted by molar-refractivity contribution is 0.158. The third-order valence-corrected chi connectivity index (χ3v) is 5.36. The highest BCUT2D eigenvalue weighted by molar-refractivity contribution is 5.74. The van der Waals surface area contributed by atoms with E-state index in [-0.39, 0.29) is 12.1 Å². The summed E-state index contributed by atoms with van der Waals surface area (Å²) in [5, 5.41) is 6.08. The van der Waals surface area contributed by atoms with Crippen molar-refractivity contribution in [2.75, 3.05) is 26.2 Å². The number of urea groups is 1. The van der Waals surface area contributed by atoms with Crippen molar-refractivity contribution < 1.29 is 9.53 Å². The molecule has 1 aromatic rings. The quantitative estimate of drug-likeness (QED) is 0.776. The van der Waals surface area contributed by atoms with Gasteiger partial charge in [-0.2, -0.15) is 0 Å². The summed E-state index contributed by atoms with van der Waals surface area (Å²) in [5.74, 6) is 0.884. The van der Waals surface area contributed by atoms with E-state index in [9.17, 15) is 4.79 Å². The summed E-state index contributed by atoms with van der Waals surface area (Å²) in [6.07, 6.45) is 7.02. The topological polar surface area (TPSA) is 53.6 Å². The van der Waals surface area contributed by atoms with Gasteiger partial charge in [-0.05, 0) is 51.8 Å². The number of piperidine rings is 1. The standard InChI is InChI=1S/C20H31N3O2/c1-16-8-4-6-13-23(16)14-7-5-12-21-20(24)22-18-11-15-25-19-10-3-2-9-17(18)19/h2-3,9-10,16,18H,4-8,11-15H2,1H3,(H2,21,22,24)/t16-,18+/m0/s1. The van der Waals surface area contributed by atoms with Crippen molar-refractivity contribution >= 4 is 6.03 Å². The monoisotopic (exact) mass is 345 g/mol. The van der Waals surface area contributed by atoms with Crippen molar-refractivity contribution in [2.24, 2.45) is 0 Å². The Morgan fingerprint density at radius 2 is 2.12 bits per heavy atom. The van der Waals surface area contributed by atoms with Crippen LogP contribution >= 0.6 is 0 Å². The van der Waals surface area contributed by atoms with Crippen molar-refractivity contribution in [3.8, 4) is 5.75 Å². The van der Waals surface area contributed by atoms with Gasteiger partial charge in [0, 0.05) is 24.6 Å². The van der Waals surface area contributed by atoms with E-state index in [1.807, 2.05) is 24.3 Å². The van der Waals surface area contributed by atoms with Gasteiger partial charge in [0.15, 0.2) is 0 Å². The van der Waals surface area contributed by atoms with Gasteiger partial charge in [-0.3, -0.25) is 0 Å². The number of carbonyl (C=O) groups is 1. The summed E-state index contributed by atoms with van der Waals surface area (Å²) in [4.78, 5) is 14.8. The number of fused-ring (bicyclic) bond motifs is 1. The molecule has 2 N–H and O–H groups in total. The normalized spacial score (nSPS) is 23.4. The number of para-hydroxylation sites is 1. The lowest BCUT2D eigenvalue weighted by Crippen LogP contribution is -2.40. The second kappa shape index (κ2) is 9.09. The first-order chi connectivity index (χ1) is 12.2. The van der Waals surface area contributed by atoms with Crippen molar-refractivity contribution in [1.82, 2.24) is 15.5 Å². The fraction of sp³-hybridized carbons (Fsp3) is 0.650. The molecular weight excluding hydrogens is 314 g/mol. The number of unbranched alkanes of at least 4 members (excludes halogenated alkanes) is 1. The maximum atomic E-state index is 12.2. The number of likely N-dealkylation sites (tertiary alicyclic amines) is 1. The fourth-order valence-corrected chi connectivity index (χ4v) is 3.83. The van der Waals surface area contributed by atoms with Gasteiger partial charge in [-0.1, -0.05) is 24.6 Å². The number of benzene rings is 1. The first-order valence-electron chi connectivity index (χ1n) is 9.74. The highest BCUT2D eigenvalue weighted by Crippen LogP contribution is 2.31. The molecule has 2 atom stereocenters. The van der Waals surface area contributed by atoms with Crippen LogP contribution in [0.3, 0.4) is 0 Å². The predicted octanol–water partition coefficient (Wildman–Crippen LogP) is 3.46. The fourth-order valence-electron chi connectivity index (χ4n) is 3.83. The minimum Gasteiger partial charge on any atom is -0.493 e. The van der Waals surface area contributed by atoms with Crippen molar-refractivity contribution in [1.29, 1.82) is 0 Å². The molecule has 25 heavy (non-hydrogen) atoms. The minimum absolute atomic E-state index is 0.0409. The Labute approximate surface area is 151 Å². The number of carbonyl (C=O) groups excluding carboxylic acids is 1. The third-order valence-electron chi connectivity index (χ3n) is 5.36. The summed E-state index contributed by atoms with van der Waals surface area (Å²) < 4.78 is 5.64. The lowest BCUT2D eigenvalue weighted by atomic mass is 10.0. The molecule has 5 nitrogen and oxygen atoms in total. The van der Waals surface area contributed by atoms with Crippen LogP contribution in [0, 0.1) is 0 Å². The van der Waals surface area contributed by atoms with E-state index < -0.39 is 0 Å². The zero-order valence-corrected chi connectivity index (χ0v) is 15.3. The van der Waals surface area contributed by atoms with Crippen molar-refractivity contribution in [2.45, 2.75) is 57.5 Å². The number of ether oxygens (including phenoxy) is 1. The van der Waals surface area contributed by atoms with Crippen LogP contribution in [0.4, 0.5) is 4.79 Å². The highest BCUT2D eigenvalue weighted by atomic mass is 16.5. The summed E-state index contributed by atoms with van der Waals surface area (Å²) in [6.45, 7) is 6.10. The van der Waals surface area contributed by atoms with Gasteiger partial charge in [0.1, 0.15) is 5.75 Å². The molecule has 1 fully saturated rings. The Hall–Kier alpha value is -1.75. The van der Waals surface area contributed by atoms with Crippen LogP contribution in [-0.4, -0.2) is 43.2 Å². The summed E-state index contributed by atoms with van der Waals surface area (Å²) in [7, 11) is 0. The molecule has 1 aromatic carbocycles. The molecule has 2 aliphatic rings. The summed E-state index contributed by atoms with van der Waals surface area (Å²) >= 11 is 0. The average Bonchev–Trinajstić information content (AvgIpc) is 2.63. The van der Waals surface area contributed by atoms with Crippen LogP contribution in [0.5, 0.6) is 5.75 Å². The second-order valence-corrected chi connectivity index (χ2v) is 7.22. The highest BCUT2D eigenvalue weighted by Gasteiger charge is 2.22. The Bertz CT molecular complexity index is 564. The Kier molecular flexibility index (Phi) is 6.56. The summed E-state index contributed by atoms with van der Waals surface area (Å²) in [5.41, 5.74) is 1.07. The molecule has 0 unspecified atom stereocenters. The van der Waals surface area contributed by atoms with E-state index in [2.05, 4.69) is 22.5 Å². The van der Waals surface area contributed by atoms with Gasteiger partial charge in [0.25, 0.3) is 0 Å². The van der Waals surface area contributed by atoms with Gasteiger partial charge in [-0.15, -0.1) is 0 Å². The van der Waals surface area contributed by atoms with E-state index in [1.54, 1.807) is 0 Å². The van der Waals surface area contributed by atoms with Crippen LogP contribution in [0.2, 0.25) is 0 Å². The largest absolute Gasteiger partial charge is 0.493 e. The van der Waals surface area contributed by atoms with Gasteiger partial charge >= 0.3 is 6.03 Å². The van der Waals surface area contributed by atoms with Gasteiger partial charge in [0.2, 0.25) is 0 Å². The van der Waals surface area contributed by atoms with E-state index in [1.165, 1.54) is 25.8 Å². The molecule has 0 bridgehead atoms. The van der Waals surface area contributed by atoms with Gasteiger partial charge in [-0.25, -0.2) is 4.79 Å². The number of nitrogens with zero attached hydrogens (tertiary/aromatic N) is 1. The van der Waals surface area contributed by atoms with Crippen LogP contribution in [-0.2, 0) is 0 Å². The molecule has 0 saturated carbocycles. The molecule has 0 aliphatic carbocycles. The van der Waals surface area contributed by atoms with Crippen molar-refractivity contribution in [3.05, 3.63) is 29.8 Å². The number of rotatable bonds is 6. The number of nitrogens with one attached hydrogen (secondary N) is 2. The molecule has 3 rings (SSSR count). The number of hydrogen-bond acceptors (Lipinski definition) is 3. The van der Waals surface area contributed by atoms with E-state index >= 15 is 0 Å². The number of hydrogen-bond donors (Lipinski definition) is 2. The molecule has 0 radical (unpaired) electrons. The molecule has 1 saturated heterocycles. The molecule has 0 aromatic heterocycles. The Morgan fingerprint density at radius 3 is 3.00 bits per heavy atom. The van der Waals surface area contributed by atoms with Crippen LogP contribution in [0.1, 0.15) is 57.1 Å². The first kappa shape index (κ1) is 18.1. The predicted molar refractivity (Wildman–Crippen MR) is 99.9 cm³/mol. The van der Waals surface area contributed by atoms with E-state index in [0.29, 0.717) is 6.61 Å². The van der Waals surface area contributed by atoms with Crippen LogP contribution in [0.25, 0.3) is 0 Å². The zero-order valence-electron chi connectivity index (χ0n) is 15.3. The lowest BCUT2D eigenvalue weighted by Gasteiger charge is -2.33. The zero-order chi connectivity index (χ0) is 17.5. The Balaban J connectivity index is 1.34. The smallest absolute Gasteiger partial charge is 0.315 e. The molecular formula is C20H31N3O2. The molecule has 5 heteroatoms. The average molecular weight is 345 g/mol. The maximum absolute atomic E-state index is 12.2. The third kappa shape index (κ3) is 5.11. The van der Waals surface area contributed by atoms with E-state index in [4.69, 9.17) is 4.74 Å². The minimum atomic E-state index is -0.0759. The molecule has 2 aliphatic heterocycles. The van der Waals surface area contributed by atoms with Gasteiger partial charge < -0.3 is 20.3 Å². The SMILES string of the molecule is C[C@H]1CCCCN1CCCCNC(=O)N[C@@H]1CCOc2ccccc21. The van der Waals surface area contributed by atoms with E-state index in [0.717, 1.165) is 49.7 Å². The maximum Gasteiger partial charge on any atom is 0.315 e.